The summed E-state index contributed by atoms with van der Waals surface area (Å²) < 4.78 is 27.6. The van der Waals surface area contributed by atoms with Crippen LogP contribution < -0.4 is 19.7 Å². The summed E-state index contributed by atoms with van der Waals surface area (Å²) in [5, 5.41) is 7.43. The number of hydrogen-bond acceptors (Lipinski definition) is 7. The number of hydrogen-bond donors (Lipinski definition) is 1. The molecule has 6 rings (SSSR count). The zero-order valence-corrected chi connectivity index (χ0v) is 17.0. The summed E-state index contributed by atoms with van der Waals surface area (Å²) in [6.07, 6.45) is 7.00. The normalized spacial score (nSPS) is 21.8. The van der Waals surface area contributed by atoms with E-state index >= 15 is 0 Å². The second-order valence-corrected chi connectivity index (χ2v) is 8.54. The highest BCUT2D eigenvalue weighted by Crippen LogP contribution is 2.37. The van der Waals surface area contributed by atoms with Gasteiger partial charge in [-0.15, -0.1) is 0 Å². The fourth-order valence-electron chi connectivity index (χ4n) is 4.41. The molecule has 1 atom stereocenters. The highest BCUT2D eigenvalue weighted by Gasteiger charge is 2.41. The van der Waals surface area contributed by atoms with Crippen LogP contribution in [0.2, 0.25) is 0 Å². The molecule has 10 heteroatoms. The lowest BCUT2D eigenvalue weighted by molar-refractivity contribution is 0.0682. The number of amides is 1. The maximum atomic E-state index is 14.1. The van der Waals surface area contributed by atoms with E-state index in [1.165, 1.54) is 12.3 Å². The smallest absolute Gasteiger partial charge is 0.257 e. The molecule has 3 aliphatic rings. The van der Waals surface area contributed by atoms with Gasteiger partial charge in [0.1, 0.15) is 24.6 Å². The molecule has 1 amide bonds. The van der Waals surface area contributed by atoms with Crippen LogP contribution in [0.4, 0.5) is 10.2 Å². The van der Waals surface area contributed by atoms with Crippen LogP contribution in [0.3, 0.4) is 0 Å². The third-order valence-electron chi connectivity index (χ3n) is 6.38. The number of rotatable bonds is 0. The minimum absolute atomic E-state index is 0.0260. The number of carbonyl (C=O) groups is 1. The molecule has 0 radical (unpaired) electrons. The zero-order chi connectivity index (χ0) is 21.2. The molecule has 5 heterocycles. The Morgan fingerprint density at radius 2 is 2.16 bits per heavy atom. The fourth-order valence-corrected chi connectivity index (χ4v) is 4.41. The maximum absolute atomic E-state index is 14.1. The molecule has 0 saturated heterocycles. The SMILES string of the molecule is C[C@@H]1COc2cn3ncc4c3nc2N1Cc1cc(F)cnc1OCC1(CCC1)NC4=O. The lowest BCUT2D eigenvalue weighted by atomic mass is 9.77. The molecule has 9 nitrogen and oxygen atoms in total. The highest BCUT2D eigenvalue weighted by molar-refractivity contribution is 6.00. The van der Waals surface area contributed by atoms with Crippen molar-refractivity contribution in [2.45, 2.75) is 44.3 Å². The van der Waals surface area contributed by atoms with Gasteiger partial charge >= 0.3 is 0 Å². The van der Waals surface area contributed by atoms with Crippen molar-refractivity contribution in [3.63, 3.8) is 0 Å². The van der Waals surface area contributed by atoms with Crippen LogP contribution in [0.25, 0.3) is 5.65 Å². The Hall–Kier alpha value is -3.43. The summed E-state index contributed by atoms with van der Waals surface area (Å²) in [5.41, 5.74) is 0.981. The first-order chi connectivity index (χ1) is 15.0. The summed E-state index contributed by atoms with van der Waals surface area (Å²) in [6.45, 7) is 3.06. The Labute approximate surface area is 177 Å². The number of fused-ring (bicyclic) bond motifs is 1. The van der Waals surface area contributed by atoms with Gasteiger partial charge in [0.2, 0.25) is 5.88 Å². The van der Waals surface area contributed by atoms with E-state index in [1.54, 1.807) is 10.7 Å². The first-order valence-corrected chi connectivity index (χ1v) is 10.4. The van der Waals surface area contributed by atoms with Crippen molar-refractivity contribution in [1.29, 1.82) is 0 Å². The molecule has 31 heavy (non-hydrogen) atoms. The van der Waals surface area contributed by atoms with Crippen molar-refractivity contribution < 1.29 is 18.7 Å². The average molecular weight is 424 g/mol. The first kappa shape index (κ1) is 18.3. The topological polar surface area (TPSA) is 93.9 Å². The largest absolute Gasteiger partial charge is 0.486 e. The molecule has 3 aromatic rings. The number of pyridine rings is 1. The number of aromatic nitrogens is 4. The van der Waals surface area contributed by atoms with Crippen molar-refractivity contribution in [2.24, 2.45) is 0 Å². The van der Waals surface area contributed by atoms with Crippen LogP contribution >= 0.6 is 0 Å². The molecular formula is C21H21FN6O3. The number of anilines is 1. The van der Waals surface area contributed by atoms with Crippen molar-refractivity contribution in [3.8, 4) is 11.6 Å². The number of halogens is 1. The van der Waals surface area contributed by atoms with Gasteiger partial charge < -0.3 is 19.7 Å². The Morgan fingerprint density at radius 1 is 1.29 bits per heavy atom. The third kappa shape index (κ3) is 2.88. The van der Waals surface area contributed by atoms with Crippen LogP contribution in [-0.4, -0.2) is 50.3 Å². The summed E-state index contributed by atoms with van der Waals surface area (Å²) >= 11 is 0. The molecule has 1 spiro atoms. The van der Waals surface area contributed by atoms with Crippen molar-refractivity contribution in [3.05, 3.63) is 41.6 Å². The second kappa shape index (κ2) is 6.53. The third-order valence-corrected chi connectivity index (χ3v) is 6.38. The van der Waals surface area contributed by atoms with Crippen LogP contribution in [0.15, 0.2) is 24.7 Å². The molecular weight excluding hydrogens is 403 g/mol. The van der Waals surface area contributed by atoms with E-state index in [-0.39, 0.29) is 18.6 Å². The molecule has 1 aliphatic carbocycles. The highest BCUT2D eigenvalue weighted by atomic mass is 19.1. The maximum Gasteiger partial charge on any atom is 0.257 e. The number of nitrogens with one attached hydrogen (secondary N) is 1. The number of nitrogens with zero attached hydrogens (tertiary/aromatic N) is 5. The average Bonchev–Trinajstić information content (AvgIpc) is 3.14. The molecule has 1 fully saturated rings. The standard InChI is InChI=1S/C21H21FN6O3/c1-12-10-30-16-9-28-17-15(7-24-28)19(29)26-21(3-2-4-21)11-31-20-13(5-14(22)6-23-20)8-27(12)18(16)25-17/h5-7,9,12H,2-4,8,10-11H2,1H3,(H,26,29)/t12-/m1/s1. The Bertz CT molecular complexity index is 1210. The Balaban J connectivity index is 1.54. The predicted octanol–water partition coefficient (Wildman–Crippen LogP) is 2.10. The van der Waals surface area contributed by atoms with Gasteiger partial charge in [0.05, 0.1) is 36.7 Å². The second-order valence-electron chi connectivity index (χ2n) is 8.54. The zero-order valence-electron chi connectivity index (χ0n) is 17.0. The van der Waals surface area contributed by atoms with Crippen LogP contribution in [0.5, 0.6) is 11.6 Å². The molecule has 2 aliphatic heterocycles. The molecule has 0 unspecified atom stereocenters. The van der Waals surface area contributed by atoms with E-state index in [0.29, 0.717) is 47.4 Å². The van der Waals surface area contributed by atoms with E-state index in [2.05, 4.69) is 15.4 Å². The fraction of sp³-hybridized carbons (Fsp3) is 0.429. The van der Waals surface area contributed by atoms with Gasteiger partial charge in [-0.05, 0) is 32.3 Å². The number of carbonyl (C=O) groups excluding carboxylic acids is 1. The molecule has 2 bridgehead atoms. The lowest BCUT2D eigenvalue weighted by Gasteiger charge is -2.42. The Morgan fingerprint density at radius 3 is 2.97 bits per heavy atom. The summed E-state index contributed by atoms with van der Waals surface area (Å²) in [6, 6.07) is 1.42. The van der Waals surface area contributed by atoms with Crippen molar-refractivity contribution >= 4 is 17.4 Å². The van der Waals surface area contributed by atoms with Gasteiger partial charge in [0.15, 0.2) is 17.2 Å². The van der Waals surface area contributed by atoms with Gasteiger partial charge in [0, 0.05) is 5.56 Å². The van der Waals surface area contributed by atoms with Crippen molar-refractivity contribution in [2.75, 3.05) is 18.1 Å². The Kier molecular flexibility index (Phi) is 3.87. The van der Waals surface area contributed by atoms with Gasteiger partial charge in [-0.2, -0.15) is 5.10 Å². The van der Waals surface area contributed by atoms with E-state index in [0.717, 1.165) is 25.5 Å². The monoisotopic (exact) mass is 424 g/mol. The summed E-state index contributed by atoms with van der Waals surface area (Å²) in [4.78, 5) is 24.1. The minimum Gasteiger partial charge on any atom is -0.486 e. The van der Waals surface area contributed by atoms with Crippen LogP contribution in [-0.2, 0) is 6.54 Å². The van der Waals surface area contributed by atoms with E-state index in [9.17, 15) is 9.18 Å². The molecule has 160 valence electrons. The predicted molar refractivity (Wildman–Crippen MR) is 108 cm³/mol. The molecule has 0 aromatic carbocycles. The van der Waals surface area contributed by atoms with Gasteiger partial charge in [-0.1, -0.05) is 0 Å². The molecule has 1 saturated carbocycles. The summed E-state index contributed by atoms with van der Waals surface area (Å²) in [5.74, 6) is 0.825. The van der Waals surface area contributed by atoms with Crippen molar-refractivity contribution in [1.82, 2.24) is 24.9 Å². The molecule has 3 aromatic heterocycles. The van der Waals surface area contributed by atoms with Gasteiger partial charge in [-0.25, -0.2) is 18.9 Å². The van der Waals surface area contributed by atoms with Crippen LogP contribution in [0.1, 0.15) is 42.1 Å². The quantitative estimate of drug-likeness (QED) is 0.591. The minimum atomic E-state index is -0.487. The van der Waals surface area contributed by atoms with E-state index in [1.807, 2.05) is 11.8 Å². The molecule has 1 N–H and O–H groups in total. The van der Waals surface area contributed by atoms with Gasteiger partial charge in [0.25, 0.3) is 5.91 Å². The first-order valence-electron chi connectivity index (χ1n) is 10.4. The van der Waals surface area contributed by atoms with E-state index < -0.39 is 11.4 Å². The van der Waals surface area contributed by atoms with E-state index in [4.69, 9.17) is 14.5 Å². The number of ether oxygens (including phenoxy) is 2. The van der Waals surface area contributed by atoms with Gasteiger partial charge in [-0.3, -0.25) is 4.79 Å². The summed E-state index contributed by atoms with van der Waals surface area (Å²) in [7, 11) is 0. The van der Waals surface area contributed by atoms with Crippen LogP contribution in [0, 0.1) is 5.82 Å². The lowest BCUT2D eigenvalue weighted by Crippen LogP contribution is -2.57.